The molecule has 1 saturated heterocycles. The molecule has 10 heteroatoms. The lowest BCUT2D eigenvalue weighted by atomic mass is 9.86. The Morgan fingerprint density at radius 3 is 2.70 bits per heavy atom. The normalized spacial score (nSPS) is 20.3. The lowest BCUT2D eigenvalue weighted by molar-refractivity contribution is -0.172. The summed E-state index contributed by atoms with van der Waals surface area (Å²) >= 11 is 0. The van der Waals surface area contributed by atoms with Gasteiger partial charge in [-0.25, -0.2) is 14.6 Å². The SMILES string of the molecule is CCc1c2c(nc3ccc(OC(=O)N4CCNCC4)cc13)-c1cc3c(c(=O)n1C2)COC(=O)[C@]3(O)CC. The topological polar surface area (TPSA) is 123 Å². The molecule has 3 aliphatic heterocycles. The molecule has 5 heterocycles. The number of nitrogens with one attached hydrogen (secondary N) is 1. The second-order valence-corrected chi connectivity index (χ2v) is 9.66. The van der Waals surface area contributed by atoms with Gasteiger partial charge in [0.1, 0.15) is 12.4 Å². The predicted molar refractivity (Wildman–Crippen MR) is 134 cm³/mol. The maximum atomic E-state index is 13.5. The lowest BCUT2D eigenvalue weighted by Crippen LogP contribution is -2.47. The van der Waals surface area contributed by atoms with Crippen molar-refractivity contribution in [3.05, 3.63) is 56.9 Å². The summed E-state index contributed by atoms with van der Waals surface area (Å²) in [6, 6.07) is 7.09. The lowest BCUT2D eigenvalue weighted by Gasteiger charge is -2.31. The fourth-order valence-electron chi connectivity index (χ4n) is 5.62. The first kappa shape index (κ1) is 23.6. The van der Waals surface area contributed by atoms with E-state index in [-0.39, 0.29) is 24.7 Å². The number of piperazine rings is 1. The van der Waals surface area contributed by atoms with Crippen molar-refractivity contribution in [2.75, 3.05) is 26.2 Å². The zero-order chi connectivity index (χ0) is 25.9. The predicted octanol–water partition coefficient (Wildman–Crippen LogP) is 2.05. The number of benzene rings is 1. The van der Waals surface area contributed by atoms with Gasteiger partial charge in [0.05, 0.1) is 29.0 Å². The summed E-state index contributed by atoms with van der Waals surface area (Å²) in [7, 11) is 0. The van der Waals surface area contributed by atoms with E-state index >= 15 is 0 Å². The number of esters is 1. The van der Waals surface area contributed by atoms with Crippen molar-refractivity contribution in [1.29, 1.82) is 0 Å². The molecule has 37 heavy (non-hydrogen) atoms. The van der Waals surface area contributed by atoms with E-state index in [4.69, 9.17) is 14.5 Å². The molecule has 0 unspecified atom stereocenters. The van der Waals surface area contributed by atoms with Gasteiger partial charge >= 0.3 is 12.1 Å². The average Bonchev–Trinajstić information content (AvgIpc) is 3.28. The Hall–Kier alpha value is -3.76. The van der Waals surface area contributed by atoms with E-state index in [0.29, 0.717) is 59.8 Å². The van der Waals surface area contributed by atoms with Gasteiger partial charge in [0.2, 0.25) is 0 Å². The monoisotopic (exact) mass is 504 g/mol. The third-order valence-corrected chi connectivity index (χ3v) is 7.71. The highest BCUT2D eigenvalue weighted by Gasteiger charge is 2.45. The van der Waals surface area contributed by atoms with Gasteiger partial charge in [-0.05, 0) is 42.7 Å². The van der Waals surface area contributed by atoms with Crippen molar-refractivity contribution in [3.8, 4) is 17.1 Å². The smallest absolute Gasteiger partial charge is 0.415 e. The number of ether oxygens (including phenoxy) is 2. The van der Waals surface area contributed by atoms with Crippen LogP contribution in [-0.2, 0) is 34.7 Å². The molecular weight excluding hydrogens is 476 g/mol. The van der Waals surface area contributed by atoms with E-state index < -0.39 is 11.6 Å². The van der Waals surface area contributed by atoms with Crippen LogP contribution in [0.3, 0.4) is 0 Å². The van der Waals surface area contributed by atoms with Crippen LogP contribution >= 0.6 is 0 Å². The minimum absolute atomic E-state index is 0.0926. The summed E-state index contributed by atoms with van der Waals surface area (Å²) in [6.07, 6.45) is 0.396. The minimum Gasteiger partial charge on any atom is -0.458 e. The van der Waals surface area contributed by atoms with Gasteiger partial charge in [-0.15, -0.1) is 0 Å². The molecule has 1 fully saturated rings. The molecule has 0 aliphatic carbocycles. The zero-order valence-corrected chi connectivity index (χ0v) is 20.8. The molecule has 0 bridgehead atoms. The highest BCUT2D eigenvalue weighted by atomic mass is 16.6. The van der Waals surface area contributed by atoms with E-state index in [1.54, 1.807) is 28.5 Å². The van der Waals surface area contributed by atoms with Gasteiger partial charge in [-0.2, -0.15) is 0 Å². The summed E-state index contributed by atoms with van der Waals surface area (Å²) in [5.74, 6) is -0.298. The maximum absolute atomic E-state index is 13.5. The molecule has 2 aromatic heterocycles. The Morgan fingerprint density at radius 1 is 1.19 bits per heavy atom. The average molecular weight is 505 g/mol. The molecular formula is C27H28N4O6. The number of rotatable bonds is 3. The number of hydrogen-bond acceptors (Lipinski definition) is 8. The highest BCUT2D eigenvalue weighted by molar-refractivity contribution is 5.90. The summed E-state index contributed by atoms with van der Waals surface area (Å²) in [4.78, 5) is 45.1. The number of aryl methyl sites for hydroxylation is 1. The third kappa shape index (κ3) is 3.54. The quantitative estimate of drug-likeness (QED) is 0.407. The molecule has 192 valence electrons. The summed E-state index contributed by atoms with van der Waals surface area (Å²) in [5, 5.41) is 15.2. The number of amides is 1. The van der Waals surface area contributed by atoms with Crippen LogP contribution in [0.15, 0.2) is 29.1 Å². The summed E-state index contributed by atoms with van der Waals surface area (Å²) < 4.78 is 12.5. The highest BCUT2D eigenvalue weighted by Crippen LogP contribution is 2.40. The van der Waals surface area contributed by atoms with Crippen molar-refractivity contribution in [2.45, 2.75) is 45.4 Å². The van der Waals surface area contributed by atoms with Crippen LogP contribution in [0, 0.1) is 0 Å². The van der Waals surface area contributed by atoms with Crippen molar-refractivity contribution < 1.29 is 24.2 Å². The van der Waals surface area contributed by atoms with E-state index in [2.05, 4.69) is 5.32 Å². The van der Waals surface area contributed by atoms with Gasteiger partial charge in [-0.3, -0.25) is 4.79 Å². The Morgan fingerprint density at radius 2 is 1.97 bits per heavy atom. The van der Waals surface area contributed by atoms with Crippen molar-refractivity contribution in [2.24, 2.45) is 0 Å². The van der Waals surface area contributed by atoms with Gasteiger partial charge < -0.3 is 29.4 Å². The first-order valence-electron chi connectivity index (χ1n) is 12.7. The van der Waals surface area contributed by atoms with Crippen molar-refractivity contribution in [3.63, 3.8) is 0 Å². The number of carbonyl (C=O) groups is 2. The number of nitrogens with zero attached hydrogens (tertiary/aromatic N) is 3. The van der Waals surface area contributed by atoms with Crippen LogP contribution < -0.4 is 15.6 Å². The molecule has 6 rings (SSSR count). The number of hydrogen-bond donors (Lipinski definition) is 2. The van der Waals surface area contributed by atoms with Crippen LogP contribution in [0.1, 0.15) is 42.5 Å². The van der Waals surface area contributed by atoms with Crippen LogP contribution in [0.4, 0.5) is 4.79 Å². The number of aromatic nitrogens is 2. The van der Waals surface area contributed by atoms with E-state index in [1.165, 1.54) is 0 Å². The molecule has 0 saturated carbocycles. The van der Waals surface area contributed by atoms with Crippen molar-refractivity contribution in [1.82, 2.24) is 19.8 Å². The number of cyclic esters (lactones) is 1. The second-order valence-electron chi connectivity index (χ2n) is 9.66. The Labute approximate surface area is 212 Å². The first-order chi connectivity index (χ1) is 17.9. The van der Waals surface area contributed by atoms with Crippen LogP contribution in [0.5, 0.6) is 5.75 Å². The molecule has 10 nitrogen and oxygen atoms in total. The van der Waals surface area contributed by atoms with E-state index in [1.807, 2.05) is 19.1 Å². The fraction of sp³-hybridized carbons (Fsp3) is 0.407. The van der Waals surface area contributed by atoms with E-state index in [0.717, 1.165) is 29.6 Å². The number of carbonyl (C=O) groups excluding carboxylic acids is 2. The molecule has 2 N–H and O–H groups in total. The molecule has 0 spiro atoms. The second kappa shape index (κ2) is 8.67. The fourth-order valence-corrected chi connectivity index (χ4v) is 5.62. The van der Waals surface area contributed by atoms with Crippen molar-refractivity contribution >= 4 is 23.0 Å². The van der Waals surface area contributed by atoms with Gasteiger partial charge in [0, 0.05) is 42.7 Å². The maximum Gasteiger partial charge on any atom is 0.415 e. The van der Waals surface area contributed by atoms with Crippen LogP contribution in [-0.4, -0.2) is 57.8 Å². The Kier molecular flexibility index (Phi) is 5.54. The van der Waals surface area contributed by atoms with Crippen LogP contribution in [0.25, 0.3) is 22.3 Å². The standard InChI is InChI=1S/C27H28N4O6/c1-3-16-17-11-15(37-26(34)30-9-7-28-8-10-30)5-6-21(17)29-23-18(16)13-31-22(23)12-20-19(24(31)32)14-36-25(33)27(20,35)4-2/h5-6,11-12,28,35H,3-4,7-10,13-14H2,1-2H3/t27-/m0/s1. The van der Waals surface area contributed by atoms with Gasteiger partial charge in [-0.1, -0.05) is 13.8 Å². The third-order valence-electron chi connectivity index (χ3n) is 7.71. The van der Waals surface area contributed by atoms with Crippen LogP contribution in [0.2, 0.25) is 0 Å². The zero-order valence-electron chi connectivity index (χ0n) is 20.8. The Balaban J connectivity index is 1.44. The largest absolute Gasteiger partial charge is 0.458 e. The molecule has 1 amide bonds. The molecule has 3 aromatic rings. The number of fused-ring (bicyclic) bond motifs is 5. The number of pyridine rings is 2. The van der Waals surface area contributed by atoms with E-state index in [9.17, 15) is 19.5 Å². The van der Waals surface area contributed by atoms with Gasteiger partial charge in [0.25, 0.3) is 5.56 Å². The summed E-state index contributed by atoms with van der Waals surface area (Å²) in [5.41, 5.74) is 2.31. The molecule has 3 aliphatic rings. The molecule has 1 aromatic carbocycles. The summed E-state index contributed by atoms with van der Waals surface area (Å²) in [6.45, 7) is 6.56. The van der Waals surface area contributed by atoms with Gasteiger partial charge in [0.15, 0.2) is 5.60 Å². The molecule has 1 atom stereocenters. The number of aliphatic hydroxyl groups is 1. The minimum atomic E-state index is -1.86. The first-order valence-corrected chi connectivity index (χ1v) is 12.7. The molecule has 0 radical (unpaired) electrons. The Bertz CT molecular complexity index is 1520.